The summed E-state index contributed by atoms with van der Waals surface area (Å²) in [6.45, 7) is 0. The van der Waals surface area contributed by atoms with E-state index in [0.29, 0.717) is 0 Å². The normalized spacial score (nSPS) is 11.2. The van der Waals surface area contributed by atoms with Crippen LogP contribution in [0.2, 0.25) is 0 Å². The molecular weight excluding hydrogens is 359 g/mol. The van der Waals surface area contributed by atoms with Crippen LogP contribution < -0.4 is 20.7 Å². The van der Waals surface area contributed by atoms with Gasteiger partial charge >= 0.3 is 0 Å². The van der Waals surface area contributed by atoms with Gasteiger partial charge in [0, 0.05) is 5.56 Å². The molecule has 2 heteroatoms. The highest BCUT2D eigenvalue weighted by atomic mass is 31.2. The van der Waals surface area contributed by atoms with Gasteiger partial charge in [-0.05, 0) is 42.5 Å². The molecule has 0 unspecified atom stereocenters. The van der Waals surface area contributed by atoms with Crippen LogP contribution >= 0.6 is 7.26 Å². The molecule has 1 nitrogen and oxygen atoms in total. The quantitative estimate of drug-likeness (QED) is 0.417. The van der Waals surface area contributed by atoms with Crippen LogP contribution in [0, 0.1) is 0 Å². The zero-order chi connectivity index (χ0) is 19.2. The van der Waals surface area contributed by atoms with E-state index in [-0.39, 0.29) is 0 Å². The van der Waals surface area contributed by atoms with Crippen LogP contribution in [-0.4, -0.2) is 7.11 Å². The third-order valence-electron chi connectivity index (χ3n) is 5.19. The molecule has 0 heterocycles. The van der Waals surface area contributed by atoms with Crippen LogP contribution in [-0.2, 0) is 6.16 Å². The largest absolute Gasteiger partial charge is 0.496 e. The predicted octanol–water partition coefficient (Wildman–Crippen LogP) is 5.19. The Morgan fingerprint density at radius 3 is 1.36 bits per heavy atom. The molecule has 4 aromatic carbocycles. The first-order valence-electron chi connectivity index (χ1n) is 9.51. The van der Waals surface area contributed by atoms with Gasteiger partial charge in [-0.2, -0.15) is 0 Å². The smallest absolute Gasteiger partial charge is 0.125 e. The van der Waals surface area contributed by atoms with E-state index in [2.05, 4.69) is 109 Å². The monoisotopic (exact) mass is 383 g/mol. The second-order valence-electron chi connectivity index (χ2n) is 6.79. The topological polar surface area (TPSA) is 9.23 Å². The molecule has 138 valence electrons. The lowest BCUT2D eigenvalue weighted by Gasteiger charge is -2.28. The molecule has 4 aromatic rings. The highest BCUT2D eigenvalue weighted by molar-refractivity contribution is 7.95. The Labute approximate surface area is 168 Å². The zero-order valence-corrected chi connectivity index (χ0v) is 16.9. The molecule has 0 radical (unpaired) electrons. The molecule has 0 fully saturated rings. The van der Waals surface area contributed by atoms with Crippen LogP contribution in [0.1, 0.15) is 5.56 Å². The Morgan fingerprint density at radius 1 is 0.536 bits per heavy atom. The van der Waals surface area contributed by atoms with Gasteiger partial charge in [0.05, 0.1) is 7.11 Å². The number of ether oxygens (including phenoxy) is 1. The van der Waals surface area contributed by atoms with Gasteiger partial charge in [-0.25, -0.2) is 0 Å². The summed E-state index contributed by atoms with van der Waals surface area (Å²) < 4.78 is 5.72. The summed E-state index contributed by atoms with van der Waals surface area (Å²) >= 11 is 0. The maximum absolute atomic E-state index is 5.72. The van der Waals surface area contributed by atoms with Crippen molar-refractivity contribution in [2.45, 2.75) is 6.16 Å². The van der Waals surface area contributed by atoms with Gasteiger partial charge in [-0.15, -0.1) is 0 Å². The fourth-order valence-electron chi connectivity index (χ4n) is 3.86. The predicted molar refractivity (Wildman–Crippen MR) is 122 cm³/mol. The molecule has 0 saturated carbocycles. The summed E-state index contributed by atoms with van der Waals surface area (Å²) in [5.41, 5.74) is 1.25. The Balaban J connectivity index is 2.01. The lowest BCUT2D eigenvalue weighted by molar-refractivity contribution is 0.411. The van der Waals surface area contributed by atoms with Crippen molar-refractivity contribution in [2.24, 2.45) is 0 Å². The van der Waals surface area contributed by atoms with Crippen molar-refractivity contribution in [3.63, 3.8) is 0 Å². The van der Waals surface area contributed by atoms with E-state index in [0.717, 1.165) is 11.9 Å². The van der Waals surface area contributed by atoms with Gasteiger partial charge in [0.15, 0.2) is 0 Å². The molecule has 0 amide bonds. The molecule has 0 bridgehead atoms. The molecule has 0 N–H and O–H groups in total. The molecule has 0 saturated heterocycles. The molecule has 4 rings (SSSR count). The molecular formula is C26H24OP+. The standard InChI is InChI=1S/C26H24OP/c1-27-26-20-12-11-13-22(26)21-28(23-14-5-2-6-15-23,24-16-7-3-8-17-24)25-18-9-4-10-19-25/h2-20H,21H2,1H3/q+1. The van der Waals surface area contributed by atoms with Crippen molar-refractivity contribution in [1.82, 2.24) is 0 Å². The minimum atomic E-state index is -1.90. The number of methoxy groups -OCH3 is 1. The number of hydrogen-bond acceptors (Lipinski definition) is 1. The number of benzene rings is 4. The number of para-hydroxylation sites is 1. The van der Waals surface area contributed by atoms with Crippen molar-refractivity contribution in [2.75, 3.05) is 7.11 Å². The summed E-state index contributed by atoms with van der Waals surface area (Å²) in [5, 5.41) is 4.16. The van der Waals surface area contributed by atoms with E-state index >= 15 is 0 Å². The van der Waals surface area contributed by atoms with Crippen molar-refractivity contribution in [1.29, 1.82) is 0 Å². The van der Waals surface area contributed by atoms with Crippen molar-refractivity contribution in [3.8, 4) is 5.75 Å². The molecule has 0 aliphatic rings. The first-order chi connectivity index (χ1) is 13.8. The Bertz CT molecular complexity index is 917. The van der Waals surface area contributed by atoms with Gasteiger partial charge in [0.2, 0.25) is 0 Å². The van der Waals surface area contributed by atoms with Gasteiger partial charge in [0.1, 0.15) is 35.1 Å². The molecule has 0 spiro atoms. The van der Waals surface area contributed by atoms with E-state index in [1.165, 1.54) is 21.5 Å². The van der Waals surface area contributed by atoms with E-state index in [9.17, 15) is 0 Å². The Kier molecular flexibility index (Phi) is 5.55. The van der Waals surface area contributed by atoms with Gasteiger partial charge in [0.25, 0.3) is 0 Å². The summed E-state index contributed by atoms with van der Waals surface area (Å²) in [4.78, 5) is 0. The van der Waals surface area contributed by atoms with E-state index in [1.54, 1.807) is 7.11 Å². The van der Waals surface area contributed by atoms with Gasteiger partial charge in [-0.1, -0.05) is 72.8 Å². The van der Waals surface area contributed by atoms with E-state index < -0.39 is 7.26 Å². The van der Waals surface area contributed by atoms with Crippen LogP contribution in [0.25, 0.3) is 0 Å². The summed E-state index contributed by atoms with van der Waals surface area (Å²) in [7, 11) is -0.139. The number of hydrogen-bond donors (Lipinski definition) is 0. The van der Waals surface area contributed by atoms with Crippen LogP contribution in [0.5, 0.6) is 5.75 Å². The van der Waals surface area contributed by atoms with Crippen LogP contribution in [0.3, 0.4) is 0 Å². The Hall–Kier alpha value is -2.89. The highest BCUT2D eigenvalue weighted by Gasteiger charge is 2.45. The van der Waals surface area contributed by atoms with Crippen molar-refractivity contribution in [3.05, 3.63) is 121 Å². The summed E-state index contributed by atoms with van der Waals surface area (Å²) in [5.74, 6) is 0.953. The van der Waals surface area contributed by atoms with E-state index in [4.69, 9.17) is 4.74 Å². The fraction of sp³-hybridized carbons (Fsp3) is 0.0769. The van der Waals surface area contributed by atoms with E-state index in [1.807, 2.05) is 6.07 Å². The maximum Gasteiger partial charge on any atom is 0.125 e. The number of rotatable bonds is 6. The van der Waals surface area contributed by atoms with Gasteiger partial charge < -0.3 is 4.74 Å². The molecule has 0 atom stereocenters. The average Bonchev–Trinajstić information content (AvgIpc) is 2.79. The second kappa shape index (κ2) is 8.42. The minimum absolute atomic E-state index is 0.926. The van der Waals surface area contributed by atoms with Gasteiger partial charge in [-0.3, -0.25) is 0 Å². The van der Waals surface area contributed by atoms with Crippen LogP contribution in [0.15, 0.2) is 115 Å². The second-order valence-corrected chi connectivity index (χ2v) is 10.3. The molecule has 28 heavy (non-hydrogen) atoms. The molecule has 0 aromatic heterocycles. The first-order valence-corrected chi connectivity index (χ1v) is 11.5. The zero-order valence-electron chi connectivity index (χ0n) is 16.0. The molecule has 0 aliphatic heterocycles. The van der Waals surface area contributed by atoms with Crippen LogP contribution in [0.4, 0.5) is 0 Å². The maximum atomic E-state index is 5.72. The first kappa shape index (κ1) is 18.5. The minimum Gasteiger partial charge on any atom is -0.496 e. The lowest BCUT2D eigenvalue weighted by Crippen LogP contribution is -2.32. The third kappa shape index (κ3) is 3.46. The SMILES string of the molecule is COc1ccccc1C[P+](c1ccccc1)(c1ccccc1)c1ccccc1. The lowest BCUT2D eigenvalue weighted by atomic mass is 10.2. The fourth-order valence-corrected chi connectivity index (χ4v) is 8.12. The summed E-state index contributed by atoms with van der Waals surface area (Å²) in [6.07, 6.45) is 0.926. The average molecular weight is 383 g/mol. The van der Waals surface area contributed by atoms with Crippen molar-refractivity contribution < 1.29 is 4.74 Å². The Morgan fingerprint density at radius 2 is 0.929 bits per heavy atom. The molecule has 0 aliphatic carbocycles. The van der Waals surface area contributed by atoms with Crippen molar-refractivity contribution >= 4 is 23.2 Å². The highest BCUT2D eigenvalue weighted by Crippen LogP contribution is 2.58. The summed E-state index contributed by atoms with van der Waals surface area (Å²) in [6, 6.07) is 41.3. The third-order valence-corrected chi connectivity index (χ3v) is 9.55.